The Hall–Kier alpha value is -1.41. The third-order valence-corrected chi connectivity index (χ3v) is 4.32. The predicted molar refractivity (Wildman–Crippen MR) is 81.7 cm³/mol. The lowest BCUT2D eigenvalue weighted by molar-refractivity contribution is 0.0609. The fraction of sp³-hybridized carbons (Fsp3) is 0.500. The number of hydrogen-bond acceptors (Lipinski definition) is 2. The smallest absolute Gasteiger partial charge is 0.166 e. The Morgan fingerprint density at radius 1 is 1.40 bits per heavy atom. The Morgan fingerprint density at radius 3 is 2.75 bits per heavy atom. The van der Waals surface area contributed by atoms with Crippen LogP contribution in [-0.4, -0.2) is 16.5 Å². The van der Waals surface area contributed by atoms with Gasteiger partial charge in [0, 0.05) is 11.5 Å². The van der Waals surface area contributed by atoms with Crippen molar-refractivity contribution >= 4 is 5.78 Å². The molecule has 0 heterocycles. The molecule has 0 saturated heterocycles. The van der Waals surface area contributed by atoms with Crippen LogP contribution < -0.4 is 0 Å². The number of carbonyl (C=O) groups is 1. The zero-order chi connectivity index (χ0) is 14.6. The first kappa shape index (κ1) is 15.0. The number of ketones is 1. The summed E-state index contributed by atoms with van der Waals surface area (Å²) >= 11 is 0. The van der Waals surface area contributed by atoms with Gasteiger partial charge < -0.3 is 5.11 Å². The SMILES string of the molecule is CCCC[C@@]1(O)C=CC(C(C)C(=O)c2ccccc2)C1. The minimum absolute atomic E-state index is 0.0794. The molecule has 1 aliphatic carbocycles. The Bertz CT molecular complexity index is 477. The van der Waals surface area contributed by atoms with E-state index in [2.05, 4.69) is 6.92 Å². The summed E-state index contributed by atoms with van der Waals surface area (Å²) in [5.74, 6) is 0.230. The van der Waals surface area contributed by atoms with Crippen molar-refractivity contribution in [3.05, 3.63) is 48.0 Å². The highest BCUT2D eigenvalue weighted by Gasteiger charge is 2.36. The maximum absolute atomic E-state index is 12.4. The van der Waals surface area contributed by atoms with E-state index in [1.165, 1.54) is 0 Å². The van der Waals surface area contributed by atoms with Gasteiger partial charge in [0.1, 0.15) is 0 Å². The van der Waals surface area contributed by atoms with Gasteiger partial charge in [-0.3, -0.25) is 4.79 Å². The lowest BCUT2D eigenvalue weighted by Crippen LogP contribution is -2.27. The third kappa shape index (κ3) is 3.37. The van der Waals surface area contributed by atoms with Gasteiger partial charge in [-0.05, 0) is 18.8 Å². The van der Waals surface area contributed by atoms with E-state index in [9.17, 15) is 9.90 Å². The van der Waals surface area contributed by atoms with Crippen molar-refractivity contribution in [2.24, 2.45) is 11.8 Å². The second-order valence-corrected chi connectivity index (χ2v) is 5.95. The molecule has 1 N–H and O–H groups in total. The van der Waals surface area contributed by atoms with E-state index < -0.39 is 5.60 Å². The average molecular weight is 272 g/mol. The third-order valence-electron chi connectivity index (χ3n) is 4.32. The van der Waals surface area contributed by atoms with Crippen LogP contribution in [0.5, 0.6) is 0 Å². The van der Waals surface area contributed by atoms with Crippen LogP contribution in [0, 0.1) is 11.8 Å². The van der Waals surface area contributed by atoms with Crippen molar-refractivity contribution < 1.29 is 9.90 Å². The van der Waals surface area contributed by atoms with Gasteiger partial charge in [-0.2, -0.15) is 0 Å². The van der Waals surface area contributed by atoms with Gasteiger partial charge in [-0.1, -0.05) is 69.2 Å². The van der Waals surface area contributed by atoms with Crippen LogP contribution in [0.1, 0.15) is 49.9 Å². The van der Waals surface area contributed by atoms with Crippen LogP contribution in [0.3, 0.4) is 0 Å². The number of aliphatic hydroxyl groups is 1. The number of rotatable bonds is 6. The summed E-state index contributed by atoms with van der Waals surface area (Å²) in [6, 6.07) is 9.42. The first-order chi connectivity index (χ1) is 9.56. The Kier molecular flexibility index (Phi) is 4.77. The normalized spacial score (nSPS) is 26.6. The molecule has 0 radical (unpaired) electrons. The molecule has 3 atom stereocenters. The zero-order valence-electron chi connectivity index (χ0n) is 12.4. The molecule has 1 aromatic rings. The van der Waals surface area contributed by atoms with E-state index in [4.69, 9.17) is 0 Å². The van der Waals surface area contributed by atoms with Crippen molar-refractivity contribution in [2.75, 3.05) is 0 Å². The summed E-state index contributed by atoms with van der Waals surface area (Å²) in [6.07, 6.45) is 7.51. The van der Waals surface area contributed by atoms with Gasteiger partial charge in [-0.25, -0.2) is 0 Å². The first-order valence-electron chi connectivity index (χ1n) is 7.57. The van der Waals surface area contributed by atoms with E-state index in [1.807, 2.05) is 49.4 Å². The van der Waals surface area contributed by atoms with E-state index in [-0.39, 0.29) is 17.6 Å². The number of hydrogen-bond donors (Lipinski definition) is 1. The summed E-state index contributed by atoms with van der Waals surface area (Å²) in [6.45, 7) is 4.09. The van der Waals surface area contributed by atoms with Gasteiger partial charge in [0.25, 0.3) is 0 Å². The molecule has 2 rings (SSSR count). The second kappa shape index (κ2) is 6.36. The summed E-state index contributed by atoms with van der Waals surface area (Å²) in [5.41, 5.74) is 0.0590. The minimum atomic E-state index is -0.702. The predicted octanol–water partition coefficient (Wildman–Crippen LogP) is 4.00. The average Bonchev–Trinajstić information content (AvgIpc) is 2.87. The van der Waals surface area contributed by atoms with Crippen molar-refractivity contribution in [1.82, 2.24) is 0 Å². The highest BCUT2D eigenvalue weighted by molar-refractivity contribution is 5.97. The van der Waals surface area contributed by atoms with Crippen molar-refractivity contribution in [1.29, 1.82) is 0 Å². The van der Waals surface area contributed by atoms with E-state index in [0.29, 0.717) is 6.42 Å². The summed E-state index contributed by atoms with van der Waals surface area (Å²) in [5, 5.41) is 10.5. The molecule has 0 fully saturated rings. The molecule has 0 aliphatic heterocycles. The van der Waals surface area contributed by atoms with Crippen molar-refractivity contribution in [3.8, 4) is 0 Å². The van der Waals surface area contributed by atoms with Crippen molar-refractivity contribution in [2.45, 2.75) is 45.1 Å². The van der Waals surface area contributed by atoms with Crippen LogP contribution in [-0.2, 0) is 0 Å². The Labute approximate surface area is 121 Å². The second-order valence-electron chi connectivity index (χ2n) is 5.95. The molecule has 2 unspecified atom stereocenters. The van der Waals surface area contributed by atoms with E-state index in [1.54, 1.807) is 0 Å². The molecule has 0 spiro atoms. The van der Waals surface area contributed by atoms with E-state index >= 15 is 0 Å². The molecule has 0 saturated carbocycles. The number of benzene rings is 1. The lowest BCUT2D eigenvalue weighted by atomic mass is 9.83. The molecule has 1 aliphatic rings. The topological polar surface area (TPSA) is 37.3 Å². The fourth-order valence-electron chi connectivity index (χ4n) is 2.92. The van der Waals surface area contributed by atoms with Gasteiger partial charge in [-0.15, -0.1) is 0 Å². The van der Waals surface area contributed by atoms with Crippen LogP contribution in [0.4, 0.5) is 0 Å². The van der Waals surface area contributed by atoms with Crippen LogP contribution >= 0.6 is 0 Å². The van der Waals surface area contributed by atoms with Crippen LogP contribution in [0.15, 0.2) is 42.5 Å². The number of carbonyl (C=O) groups excluding carboxylic acids is 1. The molecule has 108 valence electrons. The van der Waals surface area contributed by atoms with Crippen molar-refractivity contribution in [3.63, 3.8) is 0 Å². The number of unbranched alkanes of at least 4 members (excludes halogenated alkanes) is 1. The monoisotopic (exact) mass is 272 g/mol. The molecule has 0 aromatic heterocycles. The van der Waals surface area contributed by atoms with Crippen LogP contribution in [0.2, 0.25) is 0 Å². The molecule has 0 amide bonds. The highest BCUT2D eigenvalue weighted by Crippen LogP contribution is 2.36. The van der Waals surface area contributed by atoms with Gasteiger partial charge in [0.15, 0.2) is 5.78 Å². The largest absolute Gasteiger partial charge is 0.386 e. The maximum atomic E-state index is 12.4. The first-order valence-corrected chi connectivity index (χ1v) is 7.57. The number of Topliss-reactive ketones (excluding diaryl/α,β-unsaturated/α-hetero) is 1. The molecular formula is C18H24O2. The fourth-order valence-corrected chi connectivity index (χ4v) is 2.92. The Morgan fingerprint density at radius 2 is 2.10 bits per heavy atom. The quantitative estimate of drug-likeness (QED) is 0.627. The minimum Gasteiger partial charge on any atom is -0.386 e. The highest BCUT2D eigenvalue weighted by atomic mass is 16.3. The van der Waals surface area contributed by atoms with Gasteiger partial charge in [0.05, 0.1) is 5.60 Å². The van der Waals surface area contributed by atoms with Gasteiger partial charge in [0.2, 0.25) is 0 Å². The molecule has 20 heavy (non-hydrogen) atoms. The molecular weight excluding hydrogens is 248 g/mol. The molecule has 0 bridgehead atoms. The summed E-state index contributed by atoms with van der Waals surface area (Å²) in [4.78, 5) is 12.4. The standard InChI is InChI=1S/C18H24O2/c1-3-4-11-18(20)12-10-16(13-18)14(2)17(19)15-8-6-5-7-9-15/h5-10,12,14,16,20H,3-4,11,13H2,1-2H3/t14?,16?,18-/m1/s1. The summed E-state index contributed by atoms with van der Waals surface area (Å²) < 4.78 is 0. The Balaban J connectivity index is 2.00. The lowest BCUT2D eigenvalue weighted by Gasteiger charge is -2.24. The molecule has 1 aromatic carbocycles. The van der Waals surface area contributed by atoms with E-state index in [0.717, 1.165) is 24.8 Å². The maximum Gasteiger partial charge on any atom is 0.166 e. The number of allylic oxidation sites excluding steroid dienone is 1. The zero-order valence-corrected chi connectivity index (χ0v) is 12.4. The summed E-state index contributed by atoms with van der Waals surface area (Å²) in [7, 11) is 0. The van der Waals surface area contributed by atoms with Gasteiger partial charge >= 0.3 is 0 Å². The molecule has 2 nitrogen and oxygen atoms in total. The van der Waals surface area contributed by atoms with Crippen LogP contribution in [0.25, 0.3) is 0 Å². The molecule has 2 heteroatoms.